The van der Waals surface area contributed by atoms with Gasteiger partial charge in [-0.2, -0.15) is 0 Å². The summed E-state index contributed by atoms with van der Waals surface area (Å²) in [6, 6.07) is 2.70. The van der Waals surface area contributed by atoms with E-state index in [1.807, 2.05) is 6.92 Å². The van der Waals surface area contributed by atoms with Gasteiger partial charge >= 0.3 is 0 Å². The van der Waals surface area contributed by atoms with Crippen LogP contribution < -0.4 is 5.73 Å². The van der Waals surface area contributed by atoms with Crippen molar-refractivity contribution in [3.63, 3.8) is 0 Å². The highest BCUT2D eigenvalue weighted by Crippen LogP contribution is 2.27. The first-order valence-corrected chi connectivity index (χ1v) is 4.31. The van der Waals surface area contributed by atoms with Gasteiger partial charge in [-0.15, -0.1) is 0 Å². The van der Waals surface area contributed by atoms with Crippen molar-refractivity contribution in [3.05, 3.63) is 28.5 Å². The van der Waals surface area contributed by atoms with Crippen molar-refractivity contribution in [2.24, 2.45) is 5.73 Å². The molecule has 0 aliphatic rings. The van der Waals surface area contributed by atoms with E-state index in [4.69, 9.17) is 22.4 Å². The zero-order chi connectivity index (χ0) is 10.0. The third-order valence-electron chi connectivity index (χ3n) is 1.63. The lowest BCUT2D eigenvalue weighted by Crippen LogP contribution is -2.17. The largest absolute Gasteiger partial charge is 0.504 e. The van der Waals surface area contributed by atoms with E-state index in [0.717, 1.165) is 0 Å². The Bertz CT molecular complexity index is 291. The van der Waals surface area contributed by atoms with E-state index < -0.39 is 11.6 Å². The van der Waals surface area contributed by atoms with Crippen LogP contribution in [0.4, 0.5) is 4.39 Å². The first-order chi connectivity index (χ1) is 6.00. The monoisotopic (exact) mass is 203 g/mol. The highest BCUT2D eigenvalue weighted by atomic mass is 35.5. The predicted molar refractivity (Wildman–Crippen MR) is 50.4 cm³/mol. The number of hydrogen-bond acceptors (Lipinski definition) is 2. The van der Waals surface area contributed by atoms with Crippen LogP contribution in [0, 0.1) is 5.82 Å². The molecule has 1 rings (SSSR count). The maximum Gasteiger partial charge on any atom is 0.170 e. The van der Waals surface area contributed by atoms with Crippen molar-refractivity contribution in [1.82, 2.24) is 0 Å². The van der Waals surface area contributed by atoms with Crippen LogP contribution >= 0.6 is 11.6 Å². The Hall–Kier alpha value is -0.800. The molecule has 1 atom stereocenters. The smallest absolute Gasteiger partial charge is 0.170 e. The van der Waals surface area contributed by atoms with Crippen LogP contribution in [-0.4, -0.2) is 11.1 Å². The molecule has 0 spiro atoms. The minimum absolute atomic E-state index is 0.0238. The minimum Gasteiger partial charge on any atom is -0.504 e. The molecule has 0 saturated heterocycles. The Morgan fingerprint density at radius 3 is 2.69 bits per heavy atom. The second-order valence-electron chi connectivity index (χ2n) is 3.09. The molecule has 0 amide bonds. The van der Waals surface area contributed by atoms with Crippen LogP contribution in [0.3, 0.4) is 0 Å². The molecule has 72 valence electrons. The molecule has 0 aromatic heterocycles. The normalized spacial score (nSPS) is 12.9. The summed E-state index contributed by atoms with van der Waals surface area (Å²) in [5.41, 5.74) is 6.22. The summed E-state index contributed by atoms with van der Waals surface area (Å²) in [6.45, 7) is 1.82. The Morgan fingerprint density at radius 2 is 2.23 bits per heavy atom. The van der Waals surface area contributed by atoms with Crippen molar-refractivity contribution in [3.8, 4) is 5.75 Å². The van der Waals surface area contributed by atoms with Crippen molar-refractivity contribution < 1.29 is 9.50 Å². The van der Waals surface area contributed by atoms with E-state index in [-0.39, 0.29) is 11.1 Å². The van der Waals surface area contributed by atoms with Crippen LogP contribution in [0.25, 0.3) is 0 Å². The molecule has 4 heteroatoms. The third kappa shape index (κ3) is 2.57. The number of benzene rings is 1. The average molecular weight is 204 g/mol. The van der Waals surface area contributed by atoms with Crippen LogP contribution in [0.5, 0.6) is 5.75 Å². The minimum atomic E-state index is -0.705. The summed E-state index contributed by atoms with van der Waals surface area (Å²) >= 11 is 5.57. The quantitative estimate of drug-likeness (QED) is 0.773. The van der Waals surface area contributed by atoms with Gasteiger partial charge in [-0.25, -0.2) is 4.39 Å². The summed E-state index contributed by atoms with van der Waals surface area (Å²) in [6.07, 6.45) is 0.539. The number of nitrogens with two attached hydrogens (primary N) is 1. The zero-order valence-corrected chi connectivity index (χ0v) is 7.98. The van der Waals surface area contributed by atoms with E-state index in [9.17, 15) is 4.39 Å². The van der Waals surface area contributed by atoms with Gasteiger partial charge in [0.25, 0.3) is 0 Å². The second kappa shape index (κ2) is 3.94. The van der Waals surface area contributed by atoms with Gasteiger partial charge in [0.2, 0.25) is 0 Å². The zero-order valence-electron chi connectivity index (χ0n) is 7.22. The van der Waals surface area contributed by atoms with Crippen LogP contribution in [0.1, 0.15) is 12.5 Å². The molecule has 0 saturated carbocycles. The molecule has 0 aliphatic heterocycles. The maximum absolute atomic E-state index is 12.9. The number of halogens is 2. The molecule has 0 heterocycles. The van der Waals surface area contributed by atoms with E-state index >= 15 is 0 Å². The highest BCUT2D eigenvalue weighted by molar-refractivity contribution is 6.32. The van der Waals surface area contributed by atoms with Gasteiger partial charge in [0.1, 0.15) is 0 Å². The highest BCUT2D eigenvalue weighted by Gasteiger charge is 2.08. The number of aromatic hydroxyl groups is 1. The summed E-state index contributed by atoms with van der Waals surface area (Å²) in [4.78, 5) is 0. The van der Waals surface area contributed by atoms with Gasteiger partial charge in [0.05, 0.1) is 5.02 Å². The lowest BCUT2D eigenvalue weighted by atomic mass is 10.1. The molecule has 0 aliphatic carbocycles. The Morgan fingerprint density at radius 1 is 1.62 bits per heavy atom. The summed E-state index contributed by atoms with van der Waals surface area (Å²) in [7, 11) is 0. The standard InChI is InChI=1S/C9H11ClFNO/c1-5(12)2-6-3-7(10)9(13)8(11)4-6/h3-5,13H,2,12H2,1H3. The molecule has 3 N–H and O–H groups in total. The first-order valence-electron chi connectivity index (χ1n) is 3.93. The van der Waals surface area contributed by atoms with Gasteiger partial charge in [-0.1, -0.05) is 11.6 Å². The van der Waals surface area contributed by atoms with E-state index in [1.54, 1.807) is 0 Å². The van der Waals surface area contributed by atoms with E-state index in [1.165, 1.54) is 12.1 Å². The van der Waals surface area contributed by atoms with Crippen LogP contribution in [-0.2, 0) is 6.42 Å². The fourth-order valence-electron chi connectivity index (χ4n) is 1.11. The number of phenolic OH excluding ortho intramolecular Hbond substituents is 1. The predicted octanol–water partition coefficient (Wildman–Crippen LogP) is 2.07. The second-order valence-corrected chi connectivity index (χ2v) is 3.50. The molecule has 2 nitrogen and oxygen atoms in total. The Labute approximate surface area is 81.1 Å². The van der Waals surface area contributed by atoms with Crippen LogP contribution in [0.2, 0.25) is 5.02 Å². The molecule has 1 aromatic rings. The summed E-state index contributed by atoms with van der Waals surface area (Å²) in [5, 5.41) is 9.05. The molecular weight excluding hydrogens is 193 g/mol. The fraction of sp³-hybridized carbons (Fsp3) is 0.333. The lowest BCUT2D eigenvalue weighted by molar-refractivity contribution is 0.432. The van der Waals surface area contributed by atoms with Crippen molar-refractivity contribution >= 4 is 11.6 Å². The topological polar surface area (TPSA) is 46.2 Å². The summed E-state index contributed by atoms with van der Waals surface area (Å²) < 4.78 is 12.9. The molecule has 13 heavy (non-hydrogen) atoms. The lowest BCUT2D eigenvalue weighted by Gasteiger charge is -2.06. The number of phenols is 1. The molecule has 0 fully saturated rings. The van der Waals surface area contributed by atoms with Crippen molar-refractivity contribution in [2.75, 3.05) is 0 Å². The molecule has 1 aromatic carbocycles. The van der Waals surface area contributed by atoms with Crippen molar-refractivity contribution in [1.29, 1.82) is 0 Å². The van der Waals surface area contributed by atoms with Gasteiger partial charge < -0.3 is 10.8 Å². The average Bonchev–Trinajstić information content (AvgIpc) is 1.98. The Kier molecular flexibility index (Phi) is 3.12. The molecule has 1 unspecified atom stereocenters. The molecule has 0 radical (unpaired) electrons. The number of hydrogen-bond donors (Lipinski definition) is 2. The first kappa shape index (κ1) is 10.3. The van der Waals surface area contributed by atoms with Gasteiger partial charge in [0, 0.05) is 6.04 Å². The van der Waals surface area contributed by atoms with Crippen LogP contribution in [0.15, 0.2) is 12.1 Å². The fourth-order valence-corrected chi connectivity index (χ4v) is 1.34. The maximum atomic E-state index is 12.9. The number of rotatable bonds is 2. The Balaban J connectivity index is 2.99. The third-order valence-corrected chi connectivity index (χ3v) is 1.92. The summed E-state index contributed by atoms with van der Waals surface area (Å²) in [5.74, 6) is -1.21. The SMILES string of the molecule is CC(N)Cc1cc(F)c(O)c(Cl)c1. The van der Waals surface area contributed by atoms with E-state index in [0.29, 0.717) is 12.0 Å². The van der Waals surface area contributed by atoms with E-state index in [2.05, 4.69) is 0 Å². The molecule has 0 bridgehead atoms. The van der Waals surface area contributed by atoms with Crippen molar-refractivity contribution in [2.45, 2.75) is 19.4 Å². The van der Waals surface area contributed by atoms with Gasteiger partial charge in [0.15, 0.2) is 11.6 Å². The molecular formula is C9H11ClFNO. The van der Waals surface area contributed by atoms with Gasteiger partial charge in [-0.3, -0.25) is 0 Å². The van der Waals surface area contributed by atoms with Gasteiger partial charge in [-0.05, 0) is 31.0 Å².